The topological polar surface area (TPSA) is 42.0 Å². The molecule has 0 atom stereocenters. The average molecular weight is 188 g/mol. The molecule has 3 heteroatoms. The summed E-state index contributed by atoms with van der Waals surface area (Å²) in [5.74, 6) is -0.0967. The van der Waals surface area contributed by atoms with Crippen molar-refractivity contribution < 1.29 is 4.79 Å². The third-order valence-electron chi connectivity index (χ3n) is 2.46. The Kier molecular flexibility index (Phi) is 1.71. The molecule has 3 nitrogen and oxygen atoms in total. The van der Waals surface area contributed by atoms with Gasteiger partial charge in [0.1, 0.15) is 5.69 Å². The maximum Gasteiger partial charge on any atom is 0.270 e. The first kappa shape index (κ1) is 8.94. The molecule has 0 spiro atoms. The van der Waals surface area contributed by atoms with Crippen molar-refractivity contribution in [1.29, 1.82) is 0 Å². The predicted octanol–water partition coefficient (Wildman–Crippen LogP) is 1.70. The van der Waals surface area contributed by atoms with E-state index in [4.69, 9.17) is 0 Å². The van der Waals surface area contributed by atoms with Crippen molar-refractivity contribution in [1.82, 2.24) is 10.3 Å². The lowest BCUT2D eigenvalue weighted by atomic mass is 9.96. The molecule has 0 radical (unpaired) electrons. The van der Waals surface area contributed by atoms with E-state index in [1.165, 1.54) is 0 Å². The summed E-state index contributed by atoms with van der Waals surface area (Å²) in [6.07, 6.45) is 3.39. The van der Waals surface area contributed by atoms with E-state index in [0.29, 0.717) is 5.69 Å². The number of carbonyl (C=O) groups excluding carboxylic acids is 1. The molecule has 1 aliphatic heterocycles. The number of pyridine rings is 1. The van der Waals surface area contributed by atoms with Crippen LogP contribution in [0.25, 0.3) is 6.08 Å². The molecule has 1 aromatic rings. The number of carbonyl (C=O) groups is 1. The molecule has 0 fully saturated rings. The molecule has 1 aromatic heterocycles. The number of hydrogen-bond donors (Lipinski definition) is 1. The second kappa shape index (κ2) is 2.67. The average Bonchev–Trinajstić information content (AvgIpc) is 2.37. The molecule has 0 saturated heterocycles. The first-order chi connectivity index (χ1) is 6.54. The van der Waals surface area contributed by atoms with Gasteiger partial charge in [-0.2, -0.15) is 0 Å². The minimum atomic E-state index is -0.321. The molecule has 0 aliphatic carbocycles. The van der Waals surface area contributed by atoms with Crippen LogP contribution in [0.1, 0.15) is 35.5 Å². The van der Waals surface area contributed by atoms with Crippen molar-refractivity contribution in [2.75, 3.05) is 0 Å². The Morgan fingerprint density at radius 1 is 1.57 bits per heavy atom. The monoisotopic (exact) mass is 188 g/mol. The highest BCUT2D eigenvalue weighted by Crippen LogP contribution is 2.29. The van der Waals surface area contributed by atoms with Gasteiger partial charge in [0.15, 0.2) is 0 Å². The highest BCUT2D eigenvalue weighted by molar-refractivity contribution is 5.98. The second-order valence-electron chi connectivity index (χ2n) is 3.95. The van der Waals surface area contributed by atoms with Crippen molar-refractivity contribution in [2.24, 2.45) is 0 Å². The van der Waals surface area contributed by atoms with Crippen LogP contribution in [0.4, 0.5) is 0 Å². The van der Waals surface area contributed by atoms with Crippen LogP contribution in [0.5, 0.6) is 0 Å². The van der Waals surface area contributed by atoms with Crippen LogP contribution in [0.3, 0.4) is 0 Å². The second-order valence-corrected chi connectivity index (χ2v) is 3.95. The fraction of sp³-hybridized carbons (Fsp3) is 0.273. The first-order valence-electron chi connectivity index (χ1n) is 4.50. The maximum absolute atomic E-state index is 11.5. The predicted molar refractivity (Wildman–Crippen MR) is 54.8 cm³/mol. The van der Waals surface area contributed by atoms with E-state index in [1.54, 1.807) is 12.3 Å². The van der Waals surface area contributed by atoms with E-state index in [-0.39, 0.29) is 11.4 Å². The quantitative estimate of drug-likeness (QED) is 0.728. The molecular weight excluding hydrogens is 176 g/mol. The number of nitrogens with zero attached hydrogens (tertiary/aromatic N) is 1. The van der Waals surface area contributed by atoms with Crippen molar-refractivity contribution in [3.8, 4) is 0 Å². The Morgan fingerprint density at radius 2 is 2.29 bits per heavy atom. The standard InChI is InChI=1S/C11H12N2O/c1-4-7-5-8-9(12-6-7)10(14)13-11(8,2)3/h4-6H,1H2,2-3H3,(H,13,14). The third-order valence-corrected chi connectivity index (χ3v) is 2.46. The summed E-state index contributed by atoms with van der Waals surface area (Å²) in [6.45, 7) is 7.61. The van der Waals surface area contributed by atoms with E-state index in [1.807, 2.05) is 19.9 Å². The van der Waals surface area contributed by atoms with Crippen LogP contribution < -0.4 is 5.32 Å². The lowest BCUT2D eigenvalue weighted by Crippen LogP contribution is -2.32. The summed E-state index contributed by atoms with van der Waals surface area (Å²) >= 11 is 0. The smallest absolute Gasteiger partial charge is 0.270 e. The third kappa shape index (κ3) is 1.13. The molecule has 1 N–H and O–H groups in total. The zero-order chi connectivity index (χ0) is 10.3. The number of rotatable bonds is 1. The van der Waals surface area contributed by atoms with Crippen LogP contribution in [-0.4, -0.2) is 10.9 Å². The number of fused-ring (bicyclic) bond motifs is 1. The van der Waals surface area contributed by atoms with Gasteiger partial charge in [-0.15, -0.1) is 0 Å². The summed E-state index contributed by atoms with van der Waals surface area (Å²) in [7, 11) is 0. The zero-order valence-electron chi connectivity index (χ0n) is 8.29. The number of nitrogens with one attached hydrogen (secondary N) is 1. The molecule has 0 aromatic carbocycles. The van der Waals surface area contributed by atoms with Crippen molar-refractivity contribution in [3.63, 3.8) is 0 Å². The van der Waals surface area contributed by atoms with Gasteiger partial charge in [-0.3, -0.25) is 9.78 Å². The van der Waals surface area contributed by atoms with Crippen molar-refractivity contribution in [3.05, 3.63) is 35.7 Å². The molecule has 2 heterocycles. The highest BCUT2D eigenvalue weighted by Gasteiger charge is 2.36. The van der Waals surface area contributed by atoms with Gasteiger partial charge in [0.05, 0.1) is 5.54 Å². The van der Waals surface area contributed by atoms with Crippen LogP contribution in [0.2, 0.25) is 0 Å². The SMILES string of the molecule is C=Cc1cnc2c(c1)C(C)(C)NC2=O. The Bertz CT molecular complexity index is 421. The van der Waals surface area contributed by atoms with Crippen LogP contribution in [-0.2, 0) is 5.54 Å². The van der Waals surface area contributed by atoms with Gasteiger partial charge in [0.2, 0.25) is 0 Å². The van der Waals surface area contributed by atoms with Gasteiger partial charge in [0.25, 0.3) is 5.91 Å². The number of amides is 1. The molecule has 72 valence electrons. The minimum Gasteiger partial charge on any atom is -0.342 e. The minimum absolute atomic E-state index is 0.0967. The van der Waals surface area contributed by atoms with Gasteiger partial charge in [0, 0.05) is 11.8 Å². The molecule has 14 heavy (non-hydrogen) atoms. The highest BCUT2D eigenvalue weighted by atomic mass is 16.2. The zero-order valence-corrected chi connectivity index (χ0v) is 8.29. The van der Waals surface area contributed by atoms with Gasteiger partial charge < -0.3 is 5.32 Å². The molecule has 2 rings (SSSR count). The normalized spacial score (nSPS) is 17.4. The molecule has 1 aliphatic rings. The maximum atomic E-state index is 11.5. The first-order valence-corrected chi connectivity index (χ1v) is 4.50. The fourth-order valence-electron chi connectivity index (χ4n) is 1.66. The summed E-state index contributed by atoms with van der Waals surface area (Å²) in [5.41, 5.74) is 2.09. The van der Waals surface area contributed by atoms with Gasteiger partial charge in [-0.1, -0.05) is 12.7 Å². The lowest BCUT2D eigenvalue weighted by Gasteiger charge is -2.18. The molecule has 0 bridgehead atoms. The molecular formula is C11H12N2O. The fourth-order valence-corrected chi connectivity index (χ4v) is 1.66. The lowest BCUT2D eigenvalue weighted by molar-refractivity contribution is 0.0936. The number of aromatic nitrogens is 1. The van der Waals surface area contributed by atoms with E-state index < -0.39 is 0 Å². The van der Waals surface area contributed by atoms with E-state index >= 15 is 0 Å². The number of hydrogen-bond acceptors (Lipinski definition) is 2. The Hall–Kier alpha value is -1.64. The van der Waals surface area contributed by atoms with Gasteiger partial charge >= 0.3 is 0 Å². The largest absolute Gasteiger partial charge is 0.342 e. The molecule has 1 amide bonds. The van der Waals surface area contributed by atoms with E-state index in [9.17, 15) is 4.79 Å². The summed E-state index contributed by atoms with van der Waals surface area (Å²) in [4.78, 5) is 15.6. The van der Waals surface area contributed by atoms with Crippen molar-refractivity contribution >= 4 is 12.0 Å². The van der Waals surface area contributed by atoms with E-state index in [2.05, 4.69) is 16.9 Å². The summed E-state index contributed by atoms with van der Waals surface area (Å²) in [6, 6.07) is 1.95. The van der Waals surface area contributed by atoms with Crippen LogP contribution >= 0.6 is 0 Å². The summed E-state index contributed by atoms with van der Waals surface area (Å²) < 4.78 is 0. The Balaban J connectivity index is 2.64. The summed E-state index contributed by atoms with van der Waals surface area (Å²) in [5, 5.41) is 2.87. The van der Waals surface area contributed by atoms with Gasteiger partial charge in [-0.05, 0) is 25.5 Å². The van der Waals surface area contributed by atoms with Crippen molar-refractivity contribution in [2.45, 2.75) is 19.4 Å². The Labute approximate surface area is 82.9 Å². The Morgan fingerprint density at radius 3 is 2.93 bits per heavy atom. The molecule has 0 unspecified atom stereocenters. The van der Waals surface area contributed by atoms with E-state index in [0.717, 1.165) is 11.1 Å². The van der Waals surface area contributed by atoms with Crippen LogP contribution in [0.15, 0.2) is 18.8 Å². The van der Waals surface area contributed by atoms with Crippen LogP contribution in [0, 0.1) is 0 Å². The van der Waals surface area contributed by atoms with Gasteiger partial charge in [-0.25, -0.2) is 0 Å². The molecule has 0 saturated carbocycles.